The van der Waals surface area contributed by atoms with Gasteiger partial charge < -0.3 is 5.32 Å². The van der Waals surface area contributed by atoms with Gasteiger partial charge in [-0.25, -0.2) is 8.78 Å². The van der Waals surface area contributed by atoms with E-state index < -0.39 is 11.6 Å². The molecule has 1 aliphatic rings. The number of aromatic nitrogens is 1. The zero-order valence-electron chi connectivity index (χ0n) is 18.8. The van der Waals surface area contributed by atoms with Crippen LogP contribution < -0.4 is 5.32 Å². The van der Waals surface area contributed by atoms with E-state index in [9.17, 15) is 13.6 Å². The molecule has 33 heavy (non-hydrogen) atoms. The van der Waals surface area contributed by atoms with E-state index in [0.717, 1.165) is 22.8 Å². The van der Waals surface area contributed by atoms with E-state index in [0.29, 0.717) is 21.5 Å². The lowest BCUT2D eigenvalue weighted by Crippen LogP contribution is -2.35. The van der Waals surface area contributed by atoms with Crippen LogP contribution >= 0.6 is 22.7 Å². The molecule has 0 saturated heterocycles. The van der Waals surface area contributed by atoms with Crippen LogP contribution in [0.4, 0.5) is 8.78 Å². The highest BCUT2D eigenvalue weighted by Gasteiger charge is 2.41. The third-order valence-corrected chi connectivity index (χ3v) is 8.49. The SMILES string of the molecule is CC(C)c1c(C(=O)N[C@@H]2c3ccsc3CC2(C)C)sc2c(-c3cc(F)cc(F)c3)ccnc12. The van der Waals surface area contributed by atoms with E-state index in [1.807, 2.05) is 13.8 Å². The molecule has 0 fully saturated rings. The predicted octanol–water partition coefficient (Wildman–Crippen LogP) is 7.48. The molecule has 1 aromatic carbocycles. The molecule has 1 atom stereocenters. The number of pyridine rings is 1. The van der Waals surface area contributed by atoms with Crippen LogP contribution in [0.2, 0.25) is 0 Å². The number of fused-ring (bicyclic) bond motifs is 2. The number of nitrogens with one attached hydrogen (secondary N) is 1. The van der Waals surface area contributed by atoms with Gasteiger partial charge in [0, 0.05) is 28.3 Å². The monoisotopic (exact) mass is 482 g/mol. The van der Waals surface area contributed by atoms with Gasteiger partial charge in [-0.05, 0) is 58.5 Å². The van der Waals surface area contributed by atoms with Crippen molar-refractivity contribution in [3.05, 3.63) is 74.4 Å². The second-order valence-corrected chi connectivity index (χ2v) is 11.6. The molecule has 4 aromatic rings. The first kappa shape index (κ1) is 22.2. The van der Waals surface area contributed by atoms with Crippen LogP contribution in [0.15, 0.2) is 41.9 Å². The molecule has 0 saturated carbocycles. The average molecular weight is 483 g/mol. The van der Waals surface area contributed by atoms with E-state index in [1.165, 1.54) is 33.9 Å². The van der Waals surface area contributed by atoms with Crippen molar-refractivity contribution in [3.63, 3.8) is 0 Å². The van der Waals surface area contributed by atoms with Crippen molar-refractivity contribution >= 4 is 38.8 Å². The largest absolute Gasteiger partial charge is 0.344 e. The van der Waals surface area contributed by atoms with Crippen LogP contribution in [-0.4, -0.2) is 10.9 Å². The summed E-state index contributed by atoms with van der Waals surface area (Å²) in [7, 11) is 0. The predicted molar refractivity (Wildman–Crippen MR) is 131 cm³/mol. The van der Waals surface area contributed by atoms with E-state index in [-0.39, 0.29) is 23.3 Å². The molecule has 1 aliphatic carbocycles. The maximum atomic E-state index is 13.9. The minimum absolute atomic E-state index is 0.0554. The summed E-state index contributed by atoms with van der Waals surface area (Å²) in [6.07, 6.45) is 2.57. The molecular formula is C26H24F2N2OS2. The van der Waals surface area contributed by atoms with Gasteiger partial charge in [0.2, 0.25) is 0 Å². The third-order valence-electron chi connectivity index (χ3n) is 6.33. The highest BCUT2D eigenvalue weighted by atomic mass is 32.1. The Hall–Kier alpha value is -2.64. The molecule has 0 aliphatic heterocycles. The first-order chi connectivity index (χ1) is 15.7. The lowest BCUT2D eigenvalue weighted by molar-refractivity contribution is 0.0906. The first-order valence-electron chi connectivity index (χ1n) is 10.9. The molecular weight excluding hydrogens is 458 g/mol. The number of carbonyl (C=O) groups excluding carboxylic acids is 1. The van der Waals surface area contributed by atoms with E-state index in [4.69, 9.17) is 0 Å². The van der Waals surface area contributed by atoms with Gasteiger partial charge in [-0.3, -0.25) is 9.78 Å². The molecule has 5 rings (SSSR count). The van der Waals surface area contributed by atoms with Crippen molar-refractivity contribution in [3.8, 4) is 11.1 Å². The van der Waals surface area contributed by atoms with Crippen LogP contribution in [0, 0.1) is 17.0 Å². The molecule has 7 heteroatoms. The Balaban J connectivity index is 1.61. The summed E-state index contributed by atoms with van der Waals surface area (Å²) in [5, 5.41) is 5.37. The maximum Gasteiger partial charge on any atom is 0.262 e. The van der Waals surface area contributed by atoms with Crippen LogP contribution in [-0.2, 0) is 6.42 Å². The zero-order valence-corrected chi connectivity index (χ0v) is 20.5. The molecule has 3 heterocycles. The van der Waals surface area contributed by atoms with Gasteiger partial charge in [0.25, 0.3) is 5.91 Å². The quantitative estimate of drug-likeness (QED) is 0.328. The number of nitrogens with zero attached hydrogens (tertiary/aromatic N) is 1. The minimum Gasteiger partial charge on any atom is -0.344 e. The summed E-state index contributed by atoms with van der Waals surface area (Å²) < 4.78 is 28.6. The van der Waals surface area contributed by atoms with Gasteiger partial charge in [-0.15, -0.1) is 22.7 Å². The van der Waals surface area contributed by atoms with Gasteiger partial charge in [-0.2, -0.15) is 0 Å². The van der Waals surface area contributed by atoms with Crippen molar-refractivity contribution in [2.45, 2.75) is 46.1 Å². The molecule has 1 N–H and O–H groups in total. The van der Waals surface area contributed by atoms with Crippen molar-refractivity contribution in [1.82, 2.24) is 10.3 Å². The molecule has 0 unspecified atom stereocenters. The smallest absolute Gasteiger partial charge is 0.262 e. The summed E-state index contributed by atoms with van der Waals surface area (Å²) in [5.74, 6) is -1.35. The Labute approximate surface area is 199 Å². The average Bonchev–Trinajstić information content (AvgIpc) is 3.39. The Morgan fingerprint density at radius 2 is 1.91 bits per heavy atom. The number of hydrogen-bond acceptors (Lipinski definition) is 4. The summed E-state index contributed by atoms with van der Waals surface area (Å²) in [6.45, 7) is 8.42. The highest BCUT2D eigenvalue weighted by molar-refractivity contribution is 7.21. The molecule has 3 aromatic heterocycles. The lowest BCUT2D eigenvalue weighted by Gasteiger charge is -2.28. The first-order valence-corrected chi connectivity index (χ1v) is 12.6. The number of rotatable bonds is 4. The summed E-state index contributed by atoms with van der Waals surface area (Å²) in [6, 6.07) is 7.26. The van der Waals surface area contributed by atoms with Crippen molar-refractivity contribution < 1.29 is 13.6 Å². The normalized spacial score (nSPS) is 17.0. The molecule has 0 radical (unpaired) electrons. The van der Waals surface area contributed by atoms with Gasteiger partial charge in [0.1, 0.15) is 11.6 Å². The highest BCUT2D eigenvalue weighted by Crippen LogP contribution is 2.48. The Bertz CT molecular complexity index is 1370. The van der Waals surface area contributed by atoms with Gasteiger partial charge >= 0.3 is 0 Å². The van der Waals surface area contributed by atoms with E-state index in [2.05, 4.69) is 35.6 Å². The van der Waals surface area contributed by atoms with Gasteiger partial charge in [0.15, 0.2) is 0 Å². The van der Waals surface area contributed by atoms with Crippen LogP contribution in [0.5, 0.6) is 0 Å². The maximum absolute atomic E-state index is 13.9. The lowest BCUT2D eigenvalue weighted by atomic mass is 9.85. The van der Waals surface area contributed by atoms with Crippen molar-refractivity contribution in [2.24, 2.45) is 5.41 Å². The zero-order chi connectivity index (χ0) is 23.5. The fraction of sp³-hybridized carbons (Fsp3) is 0.308. The summed E-state index contributed by atoms with van der Waals surface area (Å²) in [4.78, 5) is 20.1. The fourth-order valence-electron chi connectivity index (χ4n) is 4.81. The second kappa shape index (κ2) is 7.99. The van der Waals surface area contributed by atoms with E-state index >= 15 is 0 Å². The van der Waals surface area contributed by atoms with E-state index in [1.54, 1.807) is 23.6 Å². The second-order valence-electron chi connectivity index (χ2n) is 9.56. The van der Waals surface area contributed by atoms with Gasteiger partial charge in [0.05, 0.1) is 21.1 Å². The van der Waals surface area contributed by atoms with Crippen LogP contribution in [0.1, 0.15) is 65.3 Å². The number of amides is 1. The topological polar surface area (TPSA) is 42.0 Å². The summed E-state index contributed by atoms with van der Waals surface area (Å²) in [5.41, 5.74) is 3.81. The van der Waals surface area contributed by atoms with Crippen LogP contribution in [0.25, 0.3) is 21.3 Å². The number of halogens is 2. The Morgan fingerprint density at radius 1 is 1.18 bits per heavy atom. The van der Waals surface area contributed by atoms with Gasteiger partial charge in [-0.1, -0.05) is 27.7 Å². The number of benzene rings is 1. The van der Waals surface area contributed by atoms with Crippen LogP contribution in [0.3, 0.4) is 0 Å². The fourth-order valence-corrected chi connectivity index (χ4v) is 7.32. The molecule has 3 nitrogen and oxygen atoms in total. The number of hydrogen-bond donors (Lipinski definition) is 1. The number of thiophene rings is 2. The molecule has 170 valence electrons. The molecule has 0 bridgehead atoms. The molecule has 1 amide bonds. The van der Waals surface area contributed by atoms with Crippen molar-refractivity contribution in [2.75, 3.05) is 0 Å². The number of carbonyl (C=O) groups is 1. The Kier molecular flexibility index (Phi) is 5.37. The molecule has 0 spiro atoms. The standard InChI is InChI=1S/C26H24F2N2OS2/c1-13(2)20-21-22(17(5-7-29-21)14-9-15(27)11-16(28)10-14)33-23(20)25(31)30-24-18-6-8-32-19(18)12-26(24,3)4/h5-11,13,24H,12H2,1-4H3,(H,30,31)/t24-/m1/s1. The third kappa shape index (κ3) is 3.77. The van der Waals surface area contributed by atoms with Crippen molar-refractivity contribution in [1.29, 1.82) is 0 Å². The Morgan fingerprint density at radius 3 is 2.61 bits per heavy atom. The minimum atomic E-state index is -0.636. The summed E-state index contributed by atoms with van der Waals surface area (Å²) >= 11 is 3.08.